The molecule has 0 aliphatic heterocycles. The molecule has 0 aliphatic rings. The Morgan fingerprint density at radius 2 is 1.61 bits per heavy atom. The van der Waals surface area contributed by atoms with Crippen molar-refractivity contribution in [1.29, 1.82) is 0 Å². The molecule has 3 aromatic carbocycles. The second kappa shape index (κ2) is 14.4. The van der Waals surface area contributed by atoms with E-state index in [1.807, 2.05) is 27.0 Å². The van der Waals surface area contributed by atoms with E-state index in [0.717, 1.165) is 14.8 Å². The van der Waals surface area contributed by atoms with Crippen molar-refractivity contribution in [3.8, 4) is 0 Å². The van der Waals surface area contributed by atoms with Crippen LogP contribution < -0.4 is 9.62 Å². The van der Waals surface area contributed by atoms with E-state index in [-0.39, 0.29) is 23.4 Å². The van der Waals surface area contributed by atoms with Crippen LogP contribution in [0.5, 0.6) is 0 Å². The quantitative estimate of drug-likeness (QED) is 0.228. The highest BCUT2D eigenvalue weighted by atomic mass is 35.5. The SMILES string of the molecule is CC[C@@H](C)NC(=O)[C@@H](C)N(Cc1ccc(Cl)cc1Cl)C(=O)CN(c1ccc(C)cc1)S(=O)(=O)c1ccc(SC)cc1. The zero-order valence-corrected chi connectivity index (χ0v) is 26.9. The fourth-order valence-corrected chi connectivity index (χ4v) is 6.29. The van der Waals surface area contributed by atoms with E-state index in [1.54, 1.807) is 61.5 Å². The number of sulfonamides is 1. The minimum atomic E-state index is -4.14. The van der Waals surface area contributed by atoms with Gasteiger partial charge in [-0.05, 0) is 87.5 Å². The number of hydrogen-bond acceptors (Lipinski definition) is 5. The monoisotopic (exact) mass is 635 g/mol. The number of rotatable bonds is 12. The van der Waals surface area contributed by atoms with Crippen molar-refractivity contribution in [3.63, 3.8) is 0 Å². The topological polar surface area (TPSA) is 86.8 Å². The lowest BCUT2D eigenvalue weighted by Gasteiger charge is -2.32. The summed E-state index contributed by atoms with van der Waals surface area (Å²) >= 11 is 14.0. The van der Waals surface area contributed by atoms with Crippen molar-refractivity contribution in [3.05, 3.63) is 87.9 Å². The lowest BCUT2D eigenvalue weighted by molar-refractivity contribution is -0.139. The Hall–Kier alpha value is -2.72. The molecular formula is C30H35Cl2N3O4S2. The van der Waals surface area contributed by atoms with Gasteiger partial charge < -0.3 is 10.2 Å². The zero-order valence-electron chi connectivity index (χ0n) is 23.7. The standard InChI is InChI=1S/C30H35Cl2N3O4S2/c1-6-21(3)33-30(37)22(4)34(18-23-9-10-24(31)17-28(23)32)29(36)19-35(25-11-7-20(2)8-12-25)41(38,39)27-15-13-26(40-5)14-16-27/h7-17,21-22H,6,18-19H2,1-5H3,(H,33,37)/t21-,22-/m1/s1. The van der Waals surface area contributed by atoms with Crippen LogP contribution in [0.2, 0.25) is 10.0 Å². The third kappa shape index (κ3) is 8.41. The van der Waals surface area contributed by atoms with Crippen molar-refractivity contribution in [2.45, 2.75) is 62.5 Å². The Labute approximate surface area is 257 Å². The van der Waals surface area contributed by atoms with Crippen molar-refractivity contribution < 1.29 is 18.0 Å². The molecule has 7 nitrogen and oxygen atoms in total. The highest BCUT2D eigenvalue weighted by molar-refractivity contribution is 7.98. The van der Waals surface area contributed by atoms with E-state index in [2.05, 4.69) is 5.32 Å². The third-order valence-electron chi connectivity index (χ3n) is 6.77. The van der Waals surface area contributed by atoms with Gasteiger partial charge in [-0.1, -0.05) is 53.9 Å². The van der Waals surface area contributed by atoms with Gasteiger partial charge in [-0.3, -0.25) is 13.9 Å². The number of halogens is 2. The molecule has 0 saturated heterocycles. The van der Waals surface area contributed by atoms with E-state index in [4.69, 9.17) is 23.2 Å². The molecule has 11 heteroatoms. The van der Waals surface area contributed by atoms with Gasteiger partial charge in [0, 0.05) is 27.5 Å². The van der Waals surface area contributed by atoms with Gasteiger partial charge in [0.1, 0.15) is 12.6 Å². The predicted octanol–water partition coefficient (Wildman–Crippen LogP) is 6.55. The van der Waals surface area contributed by atoms with Crippen LogP contribution in [0.15, 0.2) is 76.5 Å². The van der Waals surface area contributed by atoms with Gasteiger partial charge in [0.25, 0.3) is 10.0 Å². The van der Waals surface area contributed by atoms with Crippen molar-refractivity contribution in [2.24, 2.45) is 0 Å². The number of aryl methyl sites for hydroxylation is 1. The fourth-order valence-electron chi connectivity index (χ4n) is 4.00. The molecule has 0 unspecified atom stereocenters. The van der Waals surface area contributed by atoms with Crippen LogP contribution in [0, 0.1) is 6.92 Å². The lowest BCUT2D eigenvalue weighted by atomic mass is 10.1. The highest BCUT2D eigenvalue weighted by Crippen LogP contribution is 2.28. The molecule has 0 bridgehead atoms. The van der Waals surface area contributed by atoms with E-state index >= 15 is 0 Å². The van der Waals surface area contributed by atoms with Gasteiger partial charge in [-0.2, -0.15) is 0 Å². The van der Waals surface area contributed by atoms with Gasteiger partial charge in [-0.15, -0.1) is 11.8 Å². The molecule has 3 rings (SSSR count). The molecule has 2 amide bonds. The minimum Gasteiger partial charge on any atom is -0.352 e. The zero-order chi connectivity index (χ0) is 30.3. The number of amides is 2. The minimum absolute atomic E-state index is 0.0197. The first-order valence-electron chi connectivity index (χ1n) is 13.1. The molecule has 0 spiro atoms. The maximum Gasteiger partial charge on any atom is 0.264 e. The molecule has 0 aliphatic carbocycles. The van der Waals surface area contributed by atoms with Crippen molar-refractivity contribution >= 4 is 62.5 Å². The molecule has 2 atom stereocenters. The second-order valence-corrected chi connectivity index (χ2v) is 13.4. The number of anilines is 1. The van der Waals surface area contributed by atoms with Gasteiger partial charge in [0.15, 0.2) is 0 Å². The lowest BCUT2D eigenvalue weighted by Crippen LogP contribution is -2.52. The maximum atomic E-state index is 14.0. The van der Waals surface area contributed by atoms with Crippen LogP contribution >= 0.6 is 35.0 Å². The average Bonchev–Trinajstić information content (AvgIpc) is 2.95. The average molecular weight is 637 g/mol. The maximum absolute atomic E-state index is 14.0. The second-order valence-electron chi connectivity index (χ2n) is 9.77. The Bertz CT molecular complexity index is 1470. The fraction of sp³-hybridized carbons (Fsp3) is 0.333. The number of nitrogens with zero attached hydrogens (tertiary/aromatic N) is 2. The number of benzene rings is 3. The Balaban J connectivity index is 2.04. The van der Waals surface area contributed by atoms with Crippen molar-refractivity contribution in [1.82, 2.24) is 10.2 Å². The first-order valence-corrected chi connectivity index (χ1v) is 16.6. The summed E-state index contributed by atoms with van der Waals surface area (Å²) in [6, 6.07) is 17.3. The Kier molecular flexibility index (Phi) is 11.6. The molecule has 0 radical (unpaired) electrons. The number of carbonyl (C=O) groups excluding carboxylic acids is 2. The van der Waals surface area contributed by atoms with Crippen LogP contribution in [0.25, 0.3) is 0 Å². The molecule has 0 aromatic heterocycles. The van der Waals surface area contributed by atoms with E-state index in [0.29, 0.717) is 27.7 Å². The molecule has 0 fully saturated rings. The highest BCUT2D eigenvalue weighted by Gasteiger charge is 2.33. The predicted molar refractivity (Wildman–Crippen MR) is 168 cm³/mol. The molecule has 41 heavy (non-hydrogen) atoms. The van der Waals surface area contributed by atoms with E-state index < -0.39 is 28.5 Å². The molecule has 0 heterocycles. The summed E-state index contributed by atoms with van der Waals surface area (Å²) in [7, 11) is -4.14. The molecule has 220 valence electrons. The Morgan fingerprint density at radius 3 is 2.17 bits per heavy atom. The molecular weight excluding hydrogens is 601 g/mol. The largest absolute Gasteiger partial charge is 0.352 e. The van der Waals surface area contributed by atoms with Crippen LogP contribution in [0.3, 0.4) is 0 Å². The molecule has 3 aromatic rings. The number of nitrogens with one attached hydrogen (secondary N) is 1. The van der Waals surface area contributed by atoms with Crippen LogP contribution in [-0.2, 0) is 26.2 Å². The van der Waals surface area contributed by atoms with Crippen LogP contribution in [0.1, 0.15) is 38.3 Å². The van der Waals surface area contributed by atoms with Gasteiger partial charge in [0.05, 0.1) is 10.6 Å². The number of hydrogen-bond donors (Lipinski definition) is 1. The smallest absolute Gasteiger partial charge is 0.264 e. The van der Waals surface area contributed by atoms with Gasteiger partial charge >= 0.3 is 0 Å². The van der Waals surface area contributed by atoms with Crippen molar-refractivity contribution in [2.75, 3.05) is 17.1 Å². The Morgan fingerprint density at radius 1 is 0.976 bits per heavy atom. The summed E-state index contributed by atoms with van der Waals surface area (Å²) in [6.45, 7) is 6.79. The first kappa shape index (κ1) is 32.8. The summed E-state index contributed by atoms with van der Waals surface area (Å²) in [6.07, 6.45) is 2.62. The number of thioether (sulfide) groups is 1. The van der Waals surface area contributed by atoms with Crippen LogP contribution in [-0.4, -0.2) is 50.0 Å². The summed E-state index contributed by atoms with van der Waals surface area (Å²) in [5, 5.41) is 3.68. The van der Waals surface area contributed by atoms with E-state index in [1.165, 1.54) is 28.8 Å². The summed E-state index contributed by atoms with van der Waals surface area (Å²) in [4.78, 5) is 29.5. The van der Waals surface area contributed by atoms with E-state index in [9.17, 15) is 18.0 Å². The summed E-state index contributed by atoms with van der Waals surface area (Å²) in [5.74, 6) is -0.914. The van der Waals surface area contributed by atoms with Crippen LogP contribution in [0.4, 0.5) is 5.69 Å². The normalized spacial score (nSPS) is 12.9. The first-order chi connectivity index (χ1) is 19.4. The summed E-state index contributed by atoms with van der Waals surface area (Å²) in [5.41, 5.74) is 1.85. The number of carbonyl (C=O) groups is 2. The molecule has 1 N–H and O–H groups in total. The third-order valence-corrected chi connectivity index (χ3v) is 9.89. The molecule has 0 saturated carbocycles. The van der Waals surface area contributed by atoms with Gasteiger partial charge in [-0.25, -0.2) is 8.42 Å². The van der Waals surface area contributed by atoms with Gasteiger partial charge in [0.2, 0.25) is 11.8 Å². The summed E-state index contributed by atoms with van der Waals surface area (Å²) < 4.78 is 29.0.